The number of ether oxygens (including phenoxy) is 2. The zero-order chi connectivity index (χ0) is 17.9. The van der Waals surface area contributed by atoms with Gasteiger partial charge in [-0.2, -0.15) is 5.10 Å². The Morgan fingerprint density at radius 2 is 1.96 bits per heavy atom. The third kappa shape index (κ3) is 2.99. The van der Waals surface area contributed by atoms with E-state index < -0.39 is 0 Å². The Hall–Kier alpha value is -3.35. The summed E-state index contributed by atoms with van der Waals surface area (Å²) in [6.07, 6.45) is 1.65. The van der Waals surface area contributed by atoms with Crippen LogP contribution in [0.5, 0.6) is 11.5 Å². The molecule has 0 atom stereocenters. The summed E-state index contributed by atoms with van der Waals surface area (Å²) in [6, 6.07) is 14.9. The molecule has 0 fully saturated rings. The highest BCUT2D eigenvalue weighted by atomic mass is 16.5. The van der Waals surface area contributed by atoms with Crippen LogP contribution in [0.1, 0.15) is 16.2 Å². The van der Waals surface area contributed by atoms with Crippen LogP contribution in [0.4, 0.5) is 5.82 Å². The maximum atomic E-state index is 12.9. The molecule has 3 heterocycles. The second-order valence-corrected chi connectivity index (χ2v) is 5.83. The highest BCUT2D eigenvalue weighted by molar-refractivity contribution is 6.05. The van der Waals surface area contributed by atoms with Gasteiger partial charge in [0.15, 0.2) is 11.6 Å². The molecule has 26 heavy (non-hydrogen) atoms. The fourth-order valence-corrected chi connectivity index (χ4v) is 2.94. The third-order valence-corrected chi connectivity index (χ3v) is 4.19. The van der Waals surface area contributed by atoms with E-state index in [1.165, 1.54) is 0 Å². The number of anilines is 1. The standard InChI is InChI=1S/C19H18N4O3/c1-25-17-8-5-9-20-18(17)22-10-11-23-16(19(22)24)12-14(21-23)13-26-15-6-3-2-4-7-15/h2-9,12H,10-11,13H2,1H3. The second kappa shape index (κ2) is 6.87. The molecule has 0 unspecified atom stereocenters. The van der Waals surface area contributed by atoms with Crippen LogP contribution >= 0.6 is 0 Å². The monoisotopic (exact) mass is 350 g/mol. The average molecular weight is 350 g/mol. The van der Waals surface area contributed by atoms with Crippen LogP contribution in [-0.2, 0) is 13.2 Å². The predicted octanol–water partition coefficient (Wildman–Crippen LogP) is 2.53. The van der Waals surface area contributed by atoms with E-state index in [-0.39, 0.29) is 5.91 Å². The van der Waals surface area contributed by atoms with Crippen molar-refractivity contribution in [3.63, 3.8) is 0 Å². The van der Waals surface area contributed by atoms with Crippen molar-refractivity contribution in [3.05, 3.63) is 66.1 Å². The summed E-state index contributed by atoms with van der Waals surface area (Å²) < 4.78 is 12.8. The maximum absolute atomic E-state index is 12.9. The second-order valence-electron chi connectivity index (χ2n) is 5.83. The molecule has 1 aliphatic heterocycles. The fourth-order valence-electron chi connectivity index (χ4n) is 2.94. The molecule has 1 aliphatic rings. The number of aromatic nitrogens is 3. The van der Waals surface area contributed by atoms with Gasteiger partial charge in [0.1, 0.15) is 23.7 Å². The molecule has 0 radical (unpaired) electrons. The third-order valence-electron chi connectivity index (χ3n) is 4.19. The van der Waals surface area contributed by atoms with Crippen molar-refractivity contribution in [3.8, 4) is 11.5 Å². The Labute approximate surface area is 150 Å². The molecule has 7 nitrogen and oxygen atoms in total. The number of hydrogen-bond donors (Lipinski definition) is 0. The highest BCUT2D eigenvalue weighted by Gasteiger charge is 2.30. The van der Waals surface area contributed by atoms with Gasteiger partial charge in [0.05, 0.1) is 13.7 Å². The van der Waals surface area contributed by atoms with Gasteiger partial charge in [-0.05, 0) is 30.3 Å². The van der Waals surface area contributed by atoms with Crippen LogP contribution in [0.3, 0.4) is 0 Å². The van der Waals surface area contributed by atoms with Crippen LogP contribution in [0.2, 0.25) is 0 Å². The molecule has 0 bridgehead atoms. The van der Waals surface area contributed by atoms with Gasteiger partial charge in [-0.3, -0.25) is 14.4 Å². The van der Waals surface area contributed by atoms with Crippen molar-refractivity contribution in [1.82, 2.24) is 14.8 Å². The first-order valence-corrected chi connectivity index (χ1v) is 8.31. The summed E-state index contributed by atoms with van der Waals surface area (Å²) in [4.78, 5) is 18.8. The number of fused-ring (bicyclic) bond motifs is 1. The molecule has 0 aliphatic carbocycles. The lowest BCUT2D eigenvalue weighted by molar-refractivity contribution is 0.0960. The van der Waals surface area contributed by atoms with Gasteiger partial charge >= 0.3 is 0 Å². The minimum Gasteiger partial charge on any atom is -0.493 e. The summed E-state index contributed by atoms with van der Waals surface area (Å²) in [5, 5.41) is 4.48. The number of pyridine rings is 1. The highest BCUT2D eigenvalue weighted by Crippen LogP contribution is 2.28. The number of carbonyl (C=O) groups excluding carboxylic acids is 1. The van der Waals surface area contributed by atoms with Crippen molar-refractivity contribution >= 4 is 11.7 Å². The van der Waals surface area contributed by atoms with Crippen LogP contribution in [-0.4, -0.2) is 34.3 Å². The summed E-state index contributed by atoms with van der Waals surface area (Å²) in [5.74, 6) is 1.72. The van der Waals surface area contributed by atoms with E-state index in [1.54, 1.807) is 41.1 Å². The number of amides is 1. The minimum atomic E-state index is -0.147. The van der Waals surface area contributed by atoms with Crippen molar-refractivity contribution in [2.24, 2.45) is 0 Å². The molecule has 0 N–H and O–H groups in total. The number of carbonyl (C=O) groups is 1. The number of rotatable bonds is 5. The molecule has 2 aromatic heterocycles. The van der Waals surface area contributed by atoms with E-state index in [2.05, 4.69) is 10.1 Å². The van der Waals surface area contributed by atoms with Crippen LogP contribution in [0.25, 0.3) is 0 Å². The predicted molar refractivity (Wildman–Crippen MR) is 95.5 cm³/mol. The van der Waals surface area contributed by atoms with E-state index in [0.717, 1.165) is 5.75 Å². The first-order valence-electron chi connectivity index (χ1n) is 8.31. The molecular weight excluding hydrogens is 332 g/mol. The Kier molecular flexibility index (Phi) is 4.27. The van der Waals surface area contributed by atoms with Crippen molar-refractivity contribution in [1.29, 1.82) is 0 Å². The van der Waals surface area contributed by atoms with E-state index in [0.29, 0.717) is 42.7 Å². The van der Waals surface area contributed by atoms with E-state index >= 15 is 0 Å². The van der Waals surface area contributed by atoms with Gasteiger partial charge in [-0.25, -0.2) is 4.98 Å². The Morgan fingerprint density at radius 3 is 2.77 bits per heavy atom. The smallest absolute Gasteiger partial charge is 0.277 e. The molecule has 3 aromatic rings. The topological polar surface area (TPSA) is 69.5 Å². The van der Waals surface area contributed by atoms with Crippen LogP contribution < -0.4 is 14.4 Å². The summed E-state index contributed by atoms with van der Waals surface area (Å²) in [7, 11) is 1.57. The molecular formula is C19H18N4O3. The summed E-state index contributed by atoms with van der Waals surface area (Å²) in [6.45, 7) is 1.39. The first kappa shape index (κ1) is 16.1. The van der Waals surface area contributed by atoms with Gasteiger partial charge in [-0.15, -0.1) is 0 Å². The first-order chi connectivity index (χ1) is 12.8. The van der Waals surface area contributed by atoms with E-state index in [1.807, 2.05) is 30.3 Å². The average Bonchev–Trinajstić information content (AvgIpc) is 3.12. The lowest BCUT2D eigenvalue weighted by Crippen LogP contribution is -2.41. The number of nitrogens with zero attached hydrogens (tertiary/aromatic N) is 4. The number of benzene rings is 1. The minimum absolute atomic E-state index is 0.147. The van der Waals surface area contributed by atoms with E-state index in [9.17, 15) is 4.79 Å². The fraction of sp³-hybridized carbons (Fsp3) is 0.211. The van der Waals surface area contributed by atoms with Crippen molar-refractivity contribution in [2.45, 2.75) is 13.2 Å². The van der Waals surface area contributed by atoms with Gasteiger partial charge in [0.25, 0.3) is 5.91 Å². The molecule has 132 valence electrons. The number of methoxy groups -OCH3 is 1. The lowest BCUT2D eigenvalue weighted by atomic mass is 10.2. The zero-order valence-electron chi connectivity index (χ0n) is 14.3. The normalized spacial score (nSPS) is 13.4. The molecule has 1 aromatic carbocycles. The van der Waals surface area contributed by atoms with Gasteiger partial charge < -0.3 is 9.47 Å². The SMILES string of the molecule is COc1cccnc1N1CCn2nc(COc3ccccc3)cc2C1=O. The lowest BCUT2D eigenvalue weighted by Gasteiger charge is -2.27. The Balaban J connectivity index is 1.54. The van der Waals surface area contributed by atoms with Gasteiger partial charge in [-0.1, -0.05) is 18.2 Å². The largest absolute Gasteiger partial charge is 0.493 e. The molecule has 7 heteroatoms. The number of hydrogen-bond acceptors (Lipinski definition) is 5. The van der Waals surface area contributed by atoms with Gasteiger partial charge in [0, 0.05) is 12.7 Å². The zero-order valence-corrected chi connectivity index (χ0v) is 14.3. The molecule has 0 spiro atoms. The Morgan fingerprint density at radius 1 is 1.12 bits per heavy atom. The van der Waals surface area contributed by atoms with Gasteiger partial charge in [0.2, 0.25) is 0 Å². The van der Waals surface area contributed by atoms with Crippen LogP contribution in [0, 0.1) is 0 Å². The molecule has 0 saturated carbocycles. The van der Waals surface area contributed by atoms with Crippen LogP contribution in [0.15, 0.2) is 54.7 Å². The number of para-hydroxylation sites is 1. The molecule has 4 rings (SSSR count). The molecule has 1 amide bonds. The van der Waals surface area contributed by atoms with E-state index in [4.69, 9.17) is 9.47 Å². The summed E-state index contributed by atoms with van der Waals surface area (Å²) >= 11 is 0. The Bertz CT molecular complexity index is 924. The molecule has 0 saturated heterocycles. The van der Waals surface area contributed by atoms with Crippen molar-refractivity contribution < 1.29 is 14.3 Å². The summed E-state index contributed by atoms with van der Waals surface area (Å²) in [5.41, 5.74) is 1.24. The maximum Gasteiger partial charge on any atom is 0.277 e. The van der Waals surface area contributed by atoms with Crippen molar-refractivity contribution in [2.75, 3.05) is 18.6 Å². The quantitative estimate of drug-likeness (QED) is 0.707.